The molecule has 2 N–H and O–H groups in total. The molecule has 0 bridgehead atoms. The minimum atomic E-state index is -3.39. The third-order valence-corrected chi connectivity index (χ3v) is 6.02. The van der Waals surface area contributed by atoms with Crippen molar-refractivity contribution in [3.8, 4) is 11.3 Å². The number of fused-ring (bicyclic) bond motifs is 1. The van der Waals surface area contributed by atoms with Crippen molar-refractivity contribution in [2.24, 2.45) is 0 Å². The predicted octanol–water partition coefficient (Wildman–Crippen LogP) is 3.49. The number of sulfonamides is 1. The molecule has 1 saturated heterocycles. The summed E-state index contributed by atoms with van der Waals surface area (Å²) in [5.74, 6) is 0.0500. The van der Waals surface area contributed by atoms with Crippen molar-refractivity contribution < 1.29 is 17.5 Å². The third-order valence-electron chi connectivity index (χ3n) is 5.41. The zero-order valence-corrected chi connectivity index (χ0v) is 19.2. The van der Waals surface area contributed by atoms with Gasteiger partial charge in [0.25, 0.3) is 0 Å². The molecular formula is C23H23FN6O3S. The molecule has 11 heteroatoms. The maximum atomic E-state index is 14.4. The Labute approximate surface area is 196 Å². The van der Waals surface area contributed by atoms with E-state index in [4.69, 9.17) is 4.74 Å². The number of rotatable bonds is 6. The number of benzene rings is 2. The van der Waals surface area contributed by atoms with Crippen molar-refractivity contribution in [1.29, 1.82) is 0 Å². The average Bonchev–Trinajstić information content (AvgIpc) is 3.23. The molecule has 0 unspecified atom stereocenters. The number of hydrogen-bond donors (Lipinski definition) is 2. The highest BCUT2D eigenvalue weighted by Crippen LogP contribution is 2.28. The van der Waals surface area contributed by atoms with Crippen LogP contribution in [0.1, 0.15) is 0 Å². The molecule has 0 amide bonds. The molecule has 1 aliphatic heterocycles. The molecule has 34 heavy (non-hydrogen) atoms. The Hall–Kier alpha value is -3.70. The van der Waals surface area contributed by atoms with Crippen LogP contribution in [0.5, 0.6) is 0 Å². The van der Waals surface area contributed by atoms with E-state index >= 15 is 0 Å². The summed E-state index contributed by atoms with van der Waals surface area (Å²) in [4.78, 5) is 6.33. The Morgan fingerprint density at radius 1 is 1.03 bits per heavy atom. The zero-order valence-electron chi connectivity index (χ0n) is 18.4. The summed E-state index contributed by atoms with van der Waals surface area (Å²) >= 11 is 0. The molecule has 176 valence electrons. The van der Waals surface area contributed by atoms with Crippen molar-refractivity contribution in [2.75, 3.05) is 47.5 Å². The van der Waals surface area contributed by atoms with E-state index in [2.05, 4.69) is 20.1 Å². The molecule has 0 aliphatic carbocycles. The normalized spacial score (nSPS) is 14.4. The topological polar surface area (TPSA) is 101 Å². The van der Waals surface area contributed by atoms with Crippen LogP contribution in [0.25, 0.3) is 16.8 Å². The number of nitrogens with one attached hydrogen (secondary N) is 2. The smallest absolute Gasteiger partial charge is 0.245 e. The predicted molar refractivity (Wildman–Crippen MR) is 130 cm³/mol. The number of aromatic nitrogens is 3. The van der Waals surface area contributed by atoms with Gasteiger partial charge in [0.2, 0.25) is 16.0 Å². The second kappa shape index (κ2) is 8.92. The fourth-order valence-corrected chi connectivity index (χ4v) is 4.45. The lowest BCUT2D eigenvalue weighted by Crippen LogP contribution is -2.36. The third kappa shape index (κ3) is 4.80. The number of anilines is 4. The van der Waals surface area contributed by atoms with E-state index in [1.807, 2.05) is 23.1 Å². The van der Waals surface area contributed by atoms with E-state index in [1.165, 1.54) is 6.07 Å². The monoisotopic (exact) mass is 482 g/mol. The van der Waals surface area contributed by atoms with Gasteiger partial charge in [-0.2, -0.15) is 0 Å². The summed E-state index contributed by atoms with van der Waals surface area (Å²) in [6, 6.07) is 15.6. The number of ether oxygens (including phenoxy) is 1. The molecular weight excluding hydrogens is 459 g/mol. The van der Waals surface area contributed by atoms with Crippen LogP contribution < -0.4 is 14.9 Å². The molecule has 2 aromatic carbocycles. The van der Waals surface area contributed by atoms with Crippen molar-refractivity contribution in [1.82, 2.24) is 14.6 Å². The first-order valence-electron chi connectivity index (χ1n) is 10.7. The zero-order chi connectivity index (χ0) is 23.7. The second-order valence-corrected chi connectivity index (χ2v) is 9.73. The van der Waals surface area contributed by atoms with Gasteiger partial charge >= 0.3 is 0 Å². The van der Waals surface area contributed by atoms with Gasteiger partial charge in [0.15, 0.2) is 0 Å². The molecule has 5 rings (SSSR count). The van der Waals surface area contributed by atoms with Gasteiger partial charge in [-0.15, -0.1) is 5.10 Å². The number of nitrogens with zero attached hydrogens (tertiary/aromatic N) is 4. The van der Waals surface area contributed by atoms with Gasteiger partial charge in [-0.05, 0) is 42.5 Å². The van der Waals surface area contributed by atoms with Crippen LogP contribution in [0.2, 0.25) is 0 Å². The lowest BCUT2D eigenvalue weighted by Gasteiger charge is -2.29. The van der Waals surface area contributed by atoms with E-state index < -0.39 is 10.0 Å². The van der Waals surface area contributed by atoms with E-state index in [0.29, 0.717) is 49.3 Å². The van der Waals surface area contributed by atoms with Gasteiger partial charge in [-0.1, -0.05) is 12.1 Å². The quantitative estimate of drug-likeness (QED) is 0.434. The summed E-state index contributed by atoms with van der Waals surface area (Å²) in [5.41, 5.74) is 3.96. The van der Waals surface area contributed by atoms with Crippen molar-refractivity contribution in [2.45, 2.75) is 0 Å². The summed E-state index contributed by atoms with van der Waals surface area (Å²) < 4.78 is 47.2. The summed E-state index contributed by atoms with van der Waals surface area (Å²) in [6.07, 6.45) is 2.79. The highest BCUT2D eigenvalue weighted by Gasteiger charge is 2.16. The molecule has 4 aromatic rings. The van der Waals surface area contributed by atoms with Crippen molar-refractivity contribution in [3.05, 3.63) is 66.6 Å². The highest BCUT2D eigenvalue weighted by atomic mass is 32.2. The molecule has 0 saturated carbocycles. The van der Waals surface area contributed by atoms with E-state index in [1.54, 1.807) is 41.0 Å². The number of halogens is 1. The van der Waals surface area contributed by atoms with E-state index in [9.17, 15) is 12.8 Å². The Balaban J connectivity index is 1.45. The van der Waals surface area contributed by atoms with Gasteiger partial charge in [0.1, 0.15) is 5.82 Å². The Kier molecular flexibility index (Phi) is 5.80. The SMILES string of the molecule is CS(=O)(=O)Nc1cccc(-c2ccc3cnc(Nc4ccc(F)c(N5CCOCC5)c4)nn23)c1. The average molecular weight is 483 g/mol. The molecule has 3 heterocycles. The van der Waals surface area contributed by atoms with Crippen molar-refractivity contribution in [3.63, 3.8) is 0 Å². The van der Waals surface area contributed by atoms with Gasteiger partial charge in [-0.25, -0.2) is 22.3 Å². The summed E-state index contributed by atoms with van der Waals surface area (Å²) in [7, 11) is -3.39. The van der Waals surface area contributed by atoms with E-state index in [0.717, 1.165) is 23.0 Å². The molecule has 0 atom stereocenters. The van der Waals surface area contributed by atoms with Gasteiger partial charge in [0, 0.05) is 30.0 Å². The van der Waals surface area contributed by atoms with Crippen LogP contribution in [0.15, 0.2) is 60.8 Å². The fraction of sp³-hybridized carbons (Fsp3) is 0.217. The summed E-state index contributed by atoms with van der Waals surface area (Å²) in [6.45, 7) is 2.38. The van der Waals surface area contributed by atoms with E-state index in [-0.39, 0.29) is 5.82 Å². The minimum absolute atomic E-state index is 0.292. The standard InChI is InChI=1S/C23H23FN6O3S/c1-34(31,32)28-18-4-2-3-16(13-18)21-8-6-19-15-25-23(27-30(19)21)26-17-5-7-20(24)22(14-17)29-9-11-33-12-10-29/h2-8,13-15,28H,9-12H2,1H3,(H,26,27). The fourth-order valence-electron chi connectivity index (χ4n) is 3.90. The lowest BCUT2D eigenvalue weighted by atomic mass is 10.1. The van der Waals surface area contributed by atoms with Crippen LogP contribution in [-0.4, -0.2) is 55.6 Å². The van der Waals surface area contributed by atoms with Crippen LogP contribution in [0.4, 0.5) is 27.4 Å². The van der Waals surface area contributed by atoms with Crippen LogP contribution in [0.3, 0.4) is 0 Å². The molecule has 9 nitrogen and oxygen atoms in total. The largest absolute Gasteiger partial charge is 0.378 e. The van der Waals surface area contributed by atoms with Crippen LogP contribution in [-0.2, 0) is 14.8 Å². The maximum Gasteiger partial charge on any atom is 0.245 e. The first kappa shape index (κ1) is 22.1. The number of morpholine rings is 1. The second-order valence-electron chi connectivity index (χ2n) is 7.98. The van der Waals surface area contributed by atoms with Gasteiger partial charge in [0.05, 0.1) is 42.6 Å². The van der Waals surface area contributed by atoms with Gasteiger partial charge < -0.3 is 15.0 Å². The van der Waals surface area contributed by atoms with Crippen molar-refractivity contribution >= 4 is 38.6 Å². The first-order valence-corrected chi connectivity index (χ1v) is 12.6. The Morgan fingerprint density at radius 2 is 1.85 bits per heavy atom. The lowest BCUT2D eigenvalue weighted by molar-refractivity contribution is 0.122. The maximum absolute atomic E-state index is 14.4. The first-order chi connectivity index (χ1) is 16.4. The minimum Gasteiger partial charge on any atom is -0.378 e. The highest BCUT2D eigenvalue weighted by molar-refractivity contribution is 7.92. The molecule has 0 spiro atoms. The molecule has 2 aromatic heterocycles. The summed E-state index contributed by atoms with van der Waals surface area (Å²) in [5, 5.41) is 7.76. The Bertz CT molecular complexity index is 1450. The number of hydrogen-bond acceptors (Lipinski definition) is 7. The molecule has 1 fully saturated rings. The van der Waals surface area contributed by atoms with Crippen LogP contribution in [0, 0.1) is 5.82 Å². The molecule has 1 aliphatic rings. The van der Waals surface area contributed by atoms with Gasteiger partial charge in [-0.3, -0.25) is 4.72 Å². The van der Waals surface area contributed by atoms with Crippen LogP contribution >= 0.6 is 0 Å². The molecule has 0 radical (unpaired) electrons. The Morgan fingerprint density at radius 3 is 2.65 bits per heavy atom.